The molecule has 0 radical (unpaired) electrons. The van der Waals surface area contributed by atoms with Crippen LogP contribution in [0.1, 0.15) is 45.7 Å². The third-order valence-electron chi connectivity index (χ3n) is 3.56. The van der Waals surface area contributed by atoms with Crippen LogP contribution in [0.15, 0.2) is 29.3 Å². The lowest BCUT2D eigenvalue weighted by Crippen LogP contribution is -2.29. The van der Waals surface area contributed by atoms with Crippen LogP contribution in [0.2, 0.25) is 0 Å². The fourth-order valence-corrected chi connectivity index (χ4v) is 2.21. The van der Waals surface area contributed by atoms with Crippen LogP contribution >= 0.6 is 0 Å². The molecule has 1 aliphatic rings. The van der Waals surface area contributed by atoms with E-state index in [9.17, 15) is 0 Å². The number of nitrogens with zero attached hydrogens (tertiary/aromatic N) is 1. The highest BCUT2D eigenvalue weighted by atomic mass is 16.5. The minimum absolute atomic E-state index is 0.0883. The Morgan fingerprint density at radius 3 is 2.61 bits per heavy atom. The summed E-state index contributed by atoms with van der Waals surface area (Å²) >= 11 is 0. The van der Waals surface area contributed by atoms with Gasteiger partial charge in [-0.3, -0.25) is 0 Å². The number of aryl methyl sites for hydroxylation is 1. The van der Waals surface area contributed by atoms with Gasteiger partial charge >= 0.3 is 0 Å². The average molecular weight is 245 g/mol. The summed E-state index contributed by atoms with van der Waals surface area (Å²) in [6.45, 7) is 11.4. The lowest BCUT2D eigenvalue weighted by molar-refractivity contribution is 0.263. The predicted octanol–water partition coefficient (Wildman–Crippen LogP) is 3.73. The summed E-state index contributed by atoms with van der Waals surface area (Å²) in [7, 11) is 0. The van der Waals surface area contributed by atoms with Gasteiger partial charge < -0.3 is 4.74 Å². The molecule has 1 aliphatic heterocycles. The molecule has 0 unspecified atom stereocenters. The Hall–Kier alpha value is -1.31. The first-order valence-corrected chi connectivity index (χ1v) is 6.68. The Kier molecular flexibility index (Phi) is 3.22. The van der Waals surface area contributed by atoms with E-state index in [2.05, 4.69) is 58.9 Å². The van der Waals surface area contributed by atoms with E-state index >= 15 is 0 Å². The van der Waals surface area contributed by atoms with Crippen LogP contribution in [0.3, 0.4) is 0 Å². The van der Waals surface area contributed by atoms with E-state index in [4.69, 9.17) is 9.73 Å². The zero-order chi connectivity index (χ0) is 13.4. The molecule has 0 aliphatic carbocycles. The Morgan fingerprint density at radius 2 is 2.06 bits per heavy atom. The van der Waals surface area contributed by atoms with Gasteiger partial charge in [-0.2, -0.15) is 0 Å². The van der Waals surface area contributed by atoms with Crippen molar-refractivity contribution >= 4 is 5.90 Å². The number of hydrogen-bond donors (Lipinski definition) is 0. The van der Waals surface area contributed by atoms with E-state index in [1.54, 1.807) is 0 Å². The predicted molar refractivity (Wildman–Crippen MR) is 76.3 cm³/mol. The molecule has 0 amide bonds. The topological polar surface area (TPSA) is 21.6 Å². The van der Waals surface area contributed by atoms with Crippen molar-refractivity contribution in [1.29, 1.82) is 0 Å². The molecule has 0 saturated heterocycles. The summed E-state index contributed by atoms with van der Waals surface area (Å²) in [5.41, 5.74) is 2.39. The van der Waals surface area contributed by atoms with Crippen LogP contribution in [0.25, 0.3) is 0 Å². The van der Waals surface area contributed by atoms with Gasteiger partial charge in [0.2, 0.25) is 0 Å². The van der Waals surface area contributed by atoms with Gasteiger partial charge in [0.05, 0.1) is 11.0 Å². The van der Waals surface area contributed by atoms with E-state index in [1.165, 1.54) is 11.1 Å². The summed E-state index contributed by atoms with van der Waals surface area (Å²) in [6.07, 6.45) is 1.06. The van der Waals surface area contributed by atoms with E-state index in [-0.39, 0.29) is 11.0 Å². The Morgan fingerprint density at radius 1 is 1.33 bits per heavy atom. The lowest BCUT2D eigenvalue weighted by Gasteiger charge is -2.25. The molecule has 0 fully saturated rings. The van der Waals surface area contributed by atoms with Gasteiger partial charge in [0, 0.05) is 0 Å². The molecule has 1 aromatic rings. The van der Waals surface area contributed by atoms with Crippen LogP contribution in [-0.4, -0.2) is 18.0 Å². The molecular weight excluding hydrogens is 222 g/mol. The van der Waals surface area contributed by atoms with Crippen LogP contribution < -0.4 is 0 Å². The van der Waals surface area contributed by atoms with Crippen molar-refractivity contribution < 1.29 is 4.74 Å². The zero-order valence-electron chi connectivity index (χ0n) is 12.1. The van der Waals surface area contributed by atoms with Gasteiger partial charge in [-0.1, -0.05) is 31.2 Å². The van der Waals surface area contributed by atoms with Crippen molar-refractivity contribution in [2.24, 2.45) is 4.99 Å². The van der Waals surface area contributed by atoms with Crippen molar-refractivity contribution in [2.75, 3.05) is 6.61 Å². The molecule has 0 bridgehead atoms. The molecule has 0 saturated carbocycles. The SMILES string of the molecule is CCc1cccc(C(C)(C)C2=NC(C)(C)CO2)c1. The standard InChI is InChI=1S/C16H23NO/c1-6-12-8-7-9-13(10-12)16(4,5)14-17-15(2,3)11-18-14/h7-10H,6,11H2,1-5H3. The number of hydrogen-bond acceptors (Lipinski definition) is 2. The molecule has 2 rings (SSSR count). The van der Waals surface area contributed by atoms with Crippen molar-refractivity contribution in [3.05, 3.63) is 35.4 Å². The fourth-order valence-electron chi connectivity index (χ4n) is 2.21. The molecule has 18 heavy (non-hydrogen) atoms. The van der Waals surface area contributed by atoms with Crippen molar-refractivity contribution in [3.63, 3.8) is 0 Å². The van der Waals surface area contributed by atoms with Gasteiger partial charge in [0.15, 0.2) is 5.90 Å². The molecule has 2 nitrogen and oxygen atoms in total. The second-order valence-corrected chi connectivity index (χ2v) is 6.20. The van der Waals surface area contributed by atoms with Gasteiger partial charge in [0.1, 0.15) is 6.61 Å². The van der Waals surface area contributed by atoms with E-state index in [0.717, 1.165) is 12.3 Å². The molecular formula is C16H23NO. The Labute approximate surface area is 110 Å². The highest BCUT2D eigenvalue weighted by molar-refractivity contribution is 5.89. The summed E-state index contributed by atoms with van der Waals surface area (Å²) < 4.78 is 5.81. The third-order valence-corrected chi connectivity index (χ3v) is 3.56. The molecule has 1 heterocycles. The Balaban J connectivity index is 2.36. The van der Waals surface area contributed by atoms with Crippen molar-refractivity contribution in [1.82, 2.24) is 0 Å². The summed E-state index contributed by atoms with van der Waals surface area (Å²) in [5.74, 6) is 0.862. The molecule has 0 spiro atoms. The second kappa shape index (κ2) is 4.42. The number of ether oxygens (including phenoxy) is 1. The zero-order valence-corrected chi connectivity index (χ0v) is 12.1. The molecule has 1 aromatic carbocycles. The van der Waals surface area contributed by atoms with Gasteiger partial charge in [-0.05, 0) is 45.2 Å². The number of rotatable bonds is 3. The highest BCUT2D eigenvalue weighted by Crippen LogP contribution is 2.31. The summed E-state index contributed by atoms with van der Waals surface area (Å²) in [4.78, 5) is 4.72. The first-order valence-electron chi connectivity index (χ1n) is 6.68. The minimum Gasteiger partial charge on any atom is -0.478 e. The molecule has 0 N–H and O–H groups in total. The maximum atomic E-state index is 5.81. The normalized spacial score (nSPS) is 18.4. The van der Waals surface area contributed by atoms with E-state index in [0.29, 0.717) is 6.61 Å². The summed E-state index contributed by atoms with van der Waals surface area (Å²) in [6, 6.07) is 8.71. The first kappa shape index (κ1) is 13.1. The number of benzene rings is 1. The monoisotopic (exact) mass is 245 g/mol. The Bertz CT molecular complexity index is 472. The maximum Gasteiger partial charge on any atom is 0.194 e. The minimum atomic E-state index is -0.154. The fraction of sp³-hybridized carbons (Fsp3) is 0.562. The van der Waals surface area contributed by atoms with Crippen LogP contribution in [0.5, 0.6) is 0 Å². The van der Waals surface area contributed by atoms with Gasteiger partial charge in [-0.25, -0.2) is 4.99 Å². The summed E-state index contributed by atoms with van der Waals surface area (Å²) in [5, 5.41) is 0. The molecule has 2 heteroatoms. The van der Waals surface area contributed by atoms with E-state index in [1.807, 2.05) is 0 Å². The third kappa shape index (κ3) is 2.43. The number of aliphatic imine (C=N–C) groups is 1. The molecule has 0 atom stereocenters. The van der Waals surface area contributed by atoms with Crippen LogP contribution in [-0.2, 0) is 16.6 Å². The highest BCUT2D eigenvalue weighted by Gasteiger charge is 2.36. The quantitative estimate of drug-likeness (QED) is 0.795. The lowest BCUT2D eigenvalue weighted by atomic mass is 9.83. The van der Waals surface area contributed by atoms with Gasteiger partial charge in [0.25, 0.3) is 0 Å². The molecule has 98 valence electrons. The van der Waals surface area contributed by atoms with Gasteiger partial charge in [-0.15, -0.1) is 0 Å². The largest absolute Gasteiger partial charge is 0.478 e. The van der Waals surface area contributed by atoms with Crippen LogP contribution in [0, 0.1) is 0 Å². The van der Waals surface area contributed by atoms with E-state index < -0.39 is 0 Å². The molecule has 0 aromatic heterocycles. The maximum absolute atomic E-state index is 5.81. The second-order valence-electron chi connectivity index (χ2n) is 6.20. The first-order chi connectivity index (χ1) is 8.35. The van der Waals surface area contributed by atoms with Crippen molar-refractivity contribution in [2.45, 2.75) is 52.0 Å². The van der Waals surface area contributed by atoms with Crippen LogP contribution in [0.4, 0.5) is 0 Å². The van der Waals surface area contributed by atoms with Crippen molar-refractivity contribution in [3.8, 4) is 0 Å². The average Bonchev–Trinajstić information content (AvgIpc) is 2.70. The smallest absolute Gasteiger partial charge is 0.194 e.